The summed E-state index contributed by atoms with van der Waals surface area (Å²) < 4.78 is 6.55. The van der Waals surface area contributed by atoms with Crippen LogP contribution in [0.3, 0.4) is 0 Å². The van der Waals surface area contributed by atoms with E-state index in [0.717, 1.165) is 26.9 Å². The number of rotatable bonds is 7. The van der Waals surface area contributed by atoms with Gasteiger partial charge in [-0.2, -0.15) is 0 Å². The minimum absolute atomic E-state index is 0.0131. The Labute approximate surface area is 173 Å². The van der Waals surface area contributed by atoms with E-state index in [2.05, 4.69) is 22.9 Å². The first-order valence-electron chi connectivity index (χ1n) is 9.34. The number of nitrogens with zero attached hydrogens (tertiary/aromatic N) is 1. The van der Waals surface area contributed by atoms with Crippen LogP contribution in [-0.4, -0.2) is 41.1 Å². The van der Waals surface area contributed by atoms with Crippen molar-refractivity contribution < 1.29 is 19.4 Å². The van der Waals surface area contributed by atoms with E-state index >= 15 is 0 Å². The number of ether oxygens (including phenoxy) is 1. The van der Waals surface area contributed by atoms with Crippen LogP contribution in [0, 0.1) is 0 Å². The molecule has 2 aromatic carbocycles. The predicted molar refractivity (Wildman–Crippen MR) is 110 cm³/mol. The molecule has 2 amide bonds. The number of hydrogen-bond acceptors (Lipinski definition) is 4. The normalized spacial score (nSPS) is 20.5. The number of carbonyl (C=O) groups is 2. The smallest absolute Gasteiger partial charge is 0.240 e. The number of halogens is 1. The molecule has 0 bridgehead atoms. The summed E-state index contributed by atoms with van der Waals surface area (Å²) in [6, 6.07) is 15.1. The van der Waals surface area contributed by atoms with Crippen molar-refractivity contribution >= 4 is 27.7 Å². The molecule has 3 rings (SSSR count). The fraction of sp³-hybridized carbons (Fsp3) is 0.364. The van der Waals surface area contributed by atoms with Crippen molar-refractivity contribution in [2.75, 3.05) is 13.2 Å². The lowest BCUT2D eigenvalue weighted by molar-refractivity contribution is -0.141. The largest absolute Gasteiger partial charge is 0.491 e. The second kappa shape index (κ2) is 8.45. The summed E-state index contributed by atoms with van der Waals surface area (Å²) in [6.07, 6.45) is 0.0375. The van der Waals surface area contributed by atoms with Gasteiger partial charge >= 0.3 is 0 Å². The monoisotopic (exact) mass is 445 g/mol. The van der Waals surface area contributed by atoms with Gasteiger partial charge in [-0.05, 0) is 48.7 Å². The Morgan fingerprint density at radius 3 is 2.61 bits per heavy atom. The quantitative estimate of drug-likeness (QED) is 0.662. The number of benzene rings is 2. The fourth-order valence-electron chi connectivity index (χ4n) is 3.42. The van der Waals surface area contributed by atoms with Crippen LogP contribution in [0.4, 0.5) is 0 Å². The van der Waals surface area contributed by atoms with E-state index < -0.39 is 11.5 Å². The van der Waals surface area contributed by atoms with Crippen LogP contribution in [-0.2, 0) is 21.4 Å². The van der Waals surface area contributed by atoms with Crippen LogP contribution in [0.25, 0.3) is 0 Å². The summed E-state index contributed by atoms with van der Waals surface area (Å²) >= 11 is 3.38. The van der Waals surface area contributed by atoms with E-state index in [0.29, 0.717) is 5.75 Å². The average molecular weight is 446 g/mol. The molecule has 1 aliphatic rings. The van der Waals surface area contributed by atoms with Crippen LogP contribution >= 0.6 is 15.9 Å². The van der Waals surface area contributed by atoms with Gasteiger partial charge in [-0.25, -0.2) is 0 Å². The minimum Gasteiger partial charge on any atom is -0.491 e. The third-order valence-corrected chi connectivity index (χ3v) is 5.68. The molecule has 6 heteroatoms. The first-order chi connectivity index (χ1) is 13.3. The minimum atomic E-state index is -0.953. The maximum atomic E-state index is 13.0. The van der Waals surface area contributed by atoms with E-state index in [-0.39, 0.29) is 31.4 Å². The average Bonchev–Trinajstić information content (AvgIpc) is 2.91. The van der Waals surface area contributed by atoms with Crippen LogP contribution in [0.15, 0.2) is 53.0 Å². The number of likely N-dealkylation sites (tertiary alicyclic amines) is 1. The number of aliphatic hydroxyl groups excluding tert-OH is 1. The van der Waals surface area contributed by atoms with Crippen LogP contribution in [0.1, 0.15) is 31.4 Å². The number of hydrogen-bond donors (Lipinski definition) is 1. The van der Waals surface area contributed by atoms with E-state index in [4.69, 9.17) is 4.74 Å². The Kier molecular flexibility index (Phi) is 6.20. The Hall–Kier alpha value is -2.18. The number of amides is 2. The van der Waals surface area contributed by atoms with Gasteiger partial charge in [-0.15, -0.1) is 0 Å². The zero-order valence-corrected chi connectivity index (χ0v) is 17.6. The molecule has 1 N–H and O–H groups in total. The van der Waals surface area contributed by atoms with E-state index in [1.54, 1.807) is 6.92 Å². The predicted octanol–water partition coefficient (Wildman–Crippen LogP) is 3.47. The van der Waals surface area contributed by atoms with Gasteiger partial charge < -0.3 is 9.84 Å². The molecule has 0 saturated carbocycles. The van der Waals surface area contributed by atoms with Gasteiger partial charge in [0, 0.05) is 10.9 Å². The summed E-state index contributed by atoms with van der Waals surface area (Å²) in [5.74, 6) is 0.103. The van der Waals surface area contributed by atoms with Crippen molar-refractivity contribution in [1.82, 2.24) is 4.90 Å². The SMILES string of the molecule is CCc1cccc(OCC(O)CN2C(=O)CC(C)(c3ccc(Br)cc3)C2=O)c1. The molecular weight excluding hydrogens is 422 g/mol. The topological polar surface area (TPSA) is 66.8 Å². The second-order valence-electron chi connectivity index (χ2n) is 7.29. The Balaban J connectivity index is 1.64. The van der Waals surface area contributed by atoms with Gasteiger partial charge in [0.1, 0.15) is 18.5 Å². The number of β-amino-alcohol motifs (C(OH)–C–C–N with tert-alkyl or cyclic N) is 1. The molecule has 2 aromatic rings. The molecule has 5 nitrogen and oxygen atoms in total. The highest BCUT2D eigenvalue weighted by atomic mass is 79.9. The number of carbonyl (C=O) groups excluding carboxylic acids is 2. The van der Waals surface area contributed by atoms with Crippen molar-refractivity contribution in [3.8, 4) is 5.75 Å². The molecule has 1 fully saturated rings. The highest BCUT2D eigenvalue weighted by Crippen LogP contribution is 2.36. The van der Waals surface area contributed by atoms with Gasteiger partial charge in [-0.3, -0.25) is 14.5 Å². The van der Waals surface area contributed by atoms with Crippen molar-refractivity contribution in [2.24, 2.45) is 0 Å². The van der Waals surface area contributed by atoms with Gasteiger partial charge in [0.25, 0.3) is 0 Å². The maximum Gasteiger partial charge on any atom is 0.240 e. The summed E-state index contributed by atoms with van der Waals surface area (Å²) in [4.78, 5) is 26.6. The molecule has 28 heavy (non-hydrogen) atoms. The van der Waals surface area contributed by atoms with Gasteiger partial charge in [0.15, 0.2) is 0 Å². The summed E-state index contributed by atoms with van der Waals surface area (Å²) in [5.41, 5.74) is 1.02. The lowest BCUT2D eigenvalue weighted by atomic mass is 9.81. The van der Waals surface area contributed by atoms with E-state index in [1.165, 1.54) is 0 Å². The molecule has 148 valence electrons. The van der Waals surface area contributed by atoms with Crippen LogP contribution in [0.2, 0.25) is 0 Å². The number of imide groups is 1. The van der Waals surface area contributed by atoms with Gasteiger partial charge in [0.05, 0.1) is 12.0 Å². The molecule has 1 saturated heterocycles. The van der Waals surface area contributed by atoms with Crippen molar-refractivity contribution in [1.29, 1.82) is 0 Å². The molecule has 0 spiro atoms. The Bertz CT molecular complexity index is 867. The molecule has 1 aliphatic heterocycles. The molecule has 0 radical (unpaired) electrons. The molecule has 2 unspecified atom stereocenters. The summed E-state index contributed by atoms with van der Waals surface area (Å²) in [7, 11) is 0. The molecular formula is C22H24BrNO4. The Morgan fingerprint density at radius 2 is 1.93 bits per heavy atom. The zero-order valence-electron chi connectivity index (χ0n) is 16.0. The Morgan fingerprint density at radius 1 is 1.21 bits per heavy atom. The van der Waals surface area contributed by atoms with Gasteiger partial charge in [-0.1, -0.05) is 47.1 Å². The lowest BCUT2D eigenvalue weighted by Gasteiger charge is -2.24. The van der Waals surface area contributed by atoms with Crippen LogP contribution in [0.5, 0.6) is 5.75 Å². The summed E-state index contributed by atoms with van der Waals surface area (Å²) in [6.45, 7) is 3.77. The highest BCUT2D eigenvalue weighted by molar-refractivity contribution is 9.10. The zero-order chi connectivity index (χ0) is 20.3. The number of aliphatic hydroxyl groups is 1. The first-order valence-corrected chi connectivity index (χ1v) is 10.1. The summed E-state index contributed by atoms with van der Waals surface area (Å²) in [5, 5.41) is 10.3. The number of aryl methyl sites for hydroxylation is 1. The molecule has 0 aromatic heterocycles. The van der Waals surface area contributed by atoms with Crippen molar-refractivity contribution in [2.45, 2.75) is 38.2 Å². The standard InChI is InChI=1S/C22H24BrNO4/c1-3-15-5-4-6-19(11-15)28-14-18(25)13-24-20(26)12-22(2,21(24)27)16-7-9-17(23)10-8-16/h4-11,18,25H,3,12-14H2,1-2H3. The maximum absolute atomic E-state index is 13.0. The van der Waals surface area contributed by atoms with Crippen molar-refractivity contribution in [3.63, 3.8) is 0 Å². The highest BCUT2D eigenvalue weighted by Gasteiger charge is 2.49. The van der Waals surface area contributed by atoms with E-state index in [1.807, 2.05) is 48.5 Å². The second-order valence-corrected chi connectivity index (χ2v) is 8.21. The molecule has 1 heterocycles. The van der Waals surface area contributed by atoms with Crippen molar-refractivity contribution in [3.05, 3.63) is 64.1 Å². The van der Waals surface area contributed by atoms with Crippen LogP contribution < -0.4 is 4.74 Å². The third kappa shape index (κ3) is 4.28. The first kappa shape index (κ1) is 20.6. The fourth-order valence-corrected chi connectivity index (χ4v) is 3.69. The van der Waals surface area contributed by atoms with Gasteiger partial charge in [0.2, 0.25) is 11.8 Å². The molecule has 2 atom stereocenters. The lowest BCUT2D eigenvalue weighted by Crippen LogP contribution is -2.42. The third-order valence-electron chi connectivity index (χ3n) is 5.15. The molecule has 0 aliphatic carbocycles. The van der Waals surface area contributed by atoms with E-state index in [9.17, 15) is 14.7 Å².